The number of nitrogens with zero attached hydrogens (tertiary/aromatic N) is 3. The number of nitrogens with two attached hydrogens (primary N) is 1. The minimum atomic E-state index is -0.317. The quantitative estimate of drug-likeness (QED) is 0.947. The van der Waals surface area contributed by atoms with Gasteiger partial charge in [-0.25, -0.2) is 0 Å². The monoisotopic (exact) mass is 314 g/mol. The average molecular weight is 316 g/mol. The Bertz CT molecular complexity index is 526. The highest BCUT2D eigenvalue weighted by atomic mass is 79.9. The van der Waals surface area contributed by atoms with Crippen LogP contribution in [0.5, 0.6) is 0 Å². The lowest BCUT2D eigenvalue weighted by atomic mass is 10.1. The van der Waals surface area contributed by atoms with Crippen molar-refractivity contribution in [1.82, 2.24) is 14.8 Å². The number of aromatic nitrogens is 3. The number of hydrogen-bond donors (Lipinski definition) is 1. The van der Waals surface area contributed by atoms with Crippen molar-refractivity contribution in [2.75, 3.05) is 0 Å². The largest absolute Gasteiger partial charge is 0.319 e. The van der Waals surface area contributed by atoms with E-state index in [0.29, 0.717) is 5.02 Å². The highest BCUT2D eigenvalue weighted by molar-refractivity contribution is 9.10. The zero-order chi connectivity index (χ0) is 12.4. The Labute approximate surface area is 113 Å². The van der Waals surface area contributed by atoms with Crippen molar-refractivity contribution in [3.8, 4) is 0 Å². The van der Waals surface area contributed by atoms with Crippen LogP contribution in [0.15, 0.2) is 29.1 Å². The van der Waals surface area contributed by atoms with Crippen LogP contribution in [0.4, 0.5) is 0 Å². The van der Waals surface area contributed by atoms with Gasteiger partial charge in [0.15, 0.2) is 0 Å². The second-order valence-corrected chi connectivity index (χ2v) is 4.83. The number of pyridine rings is 1. The molecule has 17 heavy (non-hydrogen) atoms. The molecule has 0 aliphatic carbocycles. The van der Waals surface area contributed by atoms with Gasteiger partial charge < -0.3 is 5.73 Å². The molecule has 2 aromatic rings. The molecule has 2 heterocycles. The second-order valence-electron chi connectivity index (χ2n) is 3.57. The SMILES string of the molecule is CCn1ncc(Br)c1C(N)c1ccncc1Cl. The van der Waals surface area contributed by atoms with Crippen molar-refractivity contribution in [1.29, 1.82) is 0 Å². The van der Waals surface area contributed by atoms with Crippen LogP contribution in [0.2, 0.25) is 5.02 Å². The van der Waals surface area contributed by atoms with Crippen molar-refractivity contribution < 1.29 is 0 Å². The predicted molar refractivity (Wildman–Crippen MR) is 70.9 cm³/mol. The third-order valence-corrected chi connectivity index (χ3v) is 3.49. The number of halogens is 2. The number of aryl methyl sites for hydroxylation is 1. The average Bonchev–Trinajstić information content (AvgIpc) is 2.70. The van der Waals surface area contributed by atoms with E-state index in [1.807, 2.05) is 17.7 Å². The molecular formula is C11H12BrClN4. The molecule has 1 atom stereocenters. The minimum absolute atomic E-state index is 0.317. The van der Waals surface area contributed by atoms with Crippen LogP contribution in [0.3, 0.4) is 0 Å². The Kier molecular flexibility index (Phi) is 3.81. The molecule has 0 spiro atoms. The molecule has 90 valence electrons. The molecule has 1 unspecified atom stereocenters. The Morgan fingerprint density at radius 3 is 2.94 bits per heavy atom. The maximum atomic E-state index is 6.24. The third kappa shape index (κ3) is 2.36. The first-order valence-corrected chi connectivity index (χ1v) is 6.38. The fraction of sp³-hybridized carbons (Fsp3) is 0.273. The summed E-state index contributed by atoms with van der Waals surface area (Å²) in [7, 11) is 0. The summed E-state index contributed by atoms with van der Waals surface area (Å²) >= 11 is 9.55. The summed E-state index contributed by atoms with van der Waals surface area (Å²) in [5.41, 5.74) is 8.00. The standard InChI is InChI=1S/C11H12BrClN4/c1-2-17-11(8(12)5-16-17)10(14)7-3-4-15-6-9(7)13/h3-6,10H,2,14H2,1H3. The molecule has 2 N–H and O–H groups in total. The molecule has 0 radical (unpaired) electrons. The van der Waals surface area contributed by atoms with Gasteiger partial charge in [-0.1, -0.05) is 11.6 Å². The highest BCUT2D eigenvalue weighted by Gasteiger charge is 2.19. The van der Waals surface area contributed by atoms with E-state index in [-0.39, 0.29) is 6.04 Å². The van der Waals surface area contributed by atoms with Gasteiger partial charge in [-0.15, -0.1) is 0 Å². The fourth-order valence-electron chi connectivity index (χ4n) is 1.72. The van der Waals surface area contributed by atoms with Crippen LogP contribution in [0.1, 0.15) is 24.2 Å². The topological polar surface area (TPSA) is 56.7 Å². The van der Waals surface area contributed by atoms with Gasteiger partial charge in [0.25, 0.3) is 0 Å². The summed E-state index contributed by atoms with van der Waals surface area (Å²) in [5, 5.41) is 4.81. The summed E-state index contributed by atoms with van der Waals surface area (Å²) in [4.78, 5) is 3.95. The van der Waals surface area contributed by atoms with Crippen LogP contribution in [-0.2, 0) is 6.54 Å². The van der Waals surface area contributed by atoms with Crippen molar-refractivity contribution in [2.45, 2.75) is 19.5 Å². The maximum absolute atomic E-state index is 6.24. The second kappa shape index (κ2) is 5.16. The first-order valence-electron chi connectivity index (χ1n) is 5.21. The lowest BCUT2D eigenvalue weighted by Crippen LogP contribution is -2.18. The Hall–Kier alpha value is -0.910. The first kappa shape index (κ1) is 12.5. The Morgan fingerprint density at radius 1 is 1.53 bits per heavy atom. The molecule has 0 amide bonds. The third-order valence-electron chi connectivity index (χ3n) is 2.57. The molecule has 0 saturated carbocycles. The van der Waals surface area contributed by atoms with Crippen LogP contribution < -0.4 is 5.73 Å². The molecule has 0 aliphatic rings. The van der Waals surface area contributed by atoms with E-state index < -0.39 is 0 Å². The molecule has 0 aliphatic heterocycles. The van der Waals surface area contributed by atoms with E-state index >= 15 is 0 Å². The molecule has 0 bridgehead atoms. The maximum Gasteiger partial charge on any atom is 0.0750 e. The molecule has 4 nitrogen and oxygen atoms in total. The summed E-state index contributed by atoms with van der Waals surface area (Å²) in [6, 6.07) is 1.51. The van der Waals surface area contributed by atoms with Gasteiger partial charge in [-0.05, 0) is 34.5 Å². The van der Waals surface area contributed by atoms with Crippen LogP contribution in [0, 0.1) is 0 Å². The zero-order valence-electron chi connectivity index (χ0n) is 9.27. The minimum Gasteiger partial charge on any atom is -0.319 e. The molecule has 2 rings (SSSR count). The summed E-state index contributed by atoms with van der Waals surface area (Å²) < 4.78 is 2.74. The Morgan fingerprint density at radius 2 is 2.29 bits per heavy atom. The molecule has 0 aromatic carbocycles. The summed E-state index contributed by atoms with van der Waals surface area (Å²) in [6.45, 7) is 2.78. The van der Waals surface area contributed by atoms with Crippen molar-refractivity contribution in [3.05, 3.63) is 45.4 Å². The highest BCUT2D eigenvalue weighted by Crippen LogP contribution is 2.30. The van der Waals surface area contributed by atoms with Crippen molar-refractivity contribution in [3.63, 3.8) is 0 Å². The van der Waals surface area contributed by atoms with E-state index in [2.05, 4.69) is 26.0 Å². The Balaban J connectivity index is 2.47. The van der Waals surface area contributed by atoms with Gasteiger partial charge in [0, 0.05) is 18.9 Å². The van der Waals surface area contributed by atoms with E-state index in [4.69, 9.17) is 17.3 Å². The van der Waals surface area contributed by atoms with Gasteiger partial charge >= 0.3 is 0 Å². The molecule has 0 saturated heterocycles. The predicted octanol–water partition coefficient (Wildman–Crippen LogP) is 2.76. The van der Waals surface area contributed by atoms with E-state index in [1.54, 1.807) is 18.6 Å². The first-order chi connectivity index (χ1) is 8.15. The number of hydrogen-bond acceptors (Lipinski definition) is 3. The van der Waals surface area contributed by atoms with E-state index in [9.17, 15) is 0 Å². The van der Waals surface area contributed by atoms with Crippen LogP contribution in [0.25, 0.3) is 0 Å². The lowest BCUT2D eigenvalue weighted by molar-refractivity contribution is 0.599. The van der Waals surface area contributed by atoms with Crippen LogP contribution in [-0.4, -0.2) is 14.8 Å². The van der Waals surface area contributed by atoms with Gasteiger partial charge in [0.1, 0.15) is 0 Å². The van der Waals surface area contributed by atoms with Crippen molar-refractivity contribution >= 4 is 27.5 Å². The van der Waals surface area contributed by atoms with Gasteiger partial charge in [0.05, 0.1) is 27.4 Å². The molecule has 2 aromatic heterocycles. The van der Waals surface area contributed by atoms with E-state index in [1.165, 1.54) is 0 Å². The smallest absolute Gasteiger partial charge is 0.0750 e. The van der Waals surface area contributed by atoms with E-state index in [0.717, 1.165) is 22.3 Å². The normalized spacial score (nSPS) is 12.7. The number of rotatable bonds is 3. The molecular weight excluding hydrogens is 304 g/mol. The van der Waals surface area contributed by atoms with Gasteiger partial charge in [-0.3, -0.25) is 9.67 Å². The van der Waals surface area contributed by atoms with Gasteiger partial charge in [-0.2, -0.15) is 5.10 Å². The van der Waals surface area contributed by atoms with Crippen molar-refractivity contribution in [2.24, 2.45) is 5.73 Å². The molecule has 6 heteroatoms. The zero-order valence-corrected chi connectivity index (χ0v) is 11.6. The summed E-state index contributed by atoms with van der Waals surface area (Å²) in [6.07, 6.45) is 5.02. The van der Waals surface area contributed by atoms with Crippen LogP contribution >= 0.6 is 27.5 Å². The van der Waals surface area contributed by atoms with Gasteiger partial charge in [0.2, 0.25) is 0 Å². The molecule has 0 fully saturated rings. The fourth-order valence-corrected chi connectivity index (χ4v) is 2.50. The lowest BCUT2D eigenvalue weighted by Gasteiger charge is -2.15. The summed E-state index contributed by atoms with van der Waals surface area (Å²) in [5.74, 6) is 0.